The van der Waals surface area contributed by atoms with Crippen LogP contribution < -0.4 is 15.8 Å². The van der Waals surface area contributed by atoms with Gasteiger partial charge >= 0.3 is 0 Å². The second-order valence-electron chi connectivity index (χ2n) is 4.30. The van der Waals surface area contributed by atoms with Crippen LogP contribution in [0, 0.1) is 0 Å². The Morgan fingerprint density at radius 1 is 1.29 bits per heavy atom. The lowest BCUT2D eigenvalue weighted by molar-refractivity contribution is -0.111. The summed E-state index contributed by atoms with van der Waals surface area (Å²) in [7, 11) is 0. The van der Waals surface area contributed by atoms with E-state index in [1.165, 1.54) is 12.3 Å². The molecule has 2 rings (SSSR count). The van der Waals surface area contributed by atoms with E-state index in [1.54, 1.807) is 18.2 Å². The highest BCUT2D eigenvalue weighted by Gasteiger charge is 1.99. The number of aromatic nitrogens is 1. The van der Waals surface area contributed by atoms with Gasteiger partial charge in [-0.05, 0) is 42.8 Å². The Bertz CT molecular complexity index is 619. The van der Waals surface area contributed by atoms with Crippen LogP contribution in [0.5, 0.6) is 5.75 Å². The number of carbonyl (C=O) groups is 1. The molecule has 0 fully saturated rings. The summed E-state index contributed by atoms with van der Waals surface area (Å²) in [5, 5.41) is 2.65. The standard InChI is InChI=1S/C16H17N3O2/c1-2-21-14-7-3-12(4-8-14)5-10-16(20)19-15-9-6-13(17)11-18-15/h3-11H,2,17H2,1H3,(H,18,19,20)/b10-5+. The Morgan fingerprint density at radius 2 is 2.05 bits per heavy atom. The summed E-state index contributed by atoms with van der Waals surface area (Å²) in [5.74, 6) is 1.02. The number of rotatable bonds is 5. The molecule has 0 saturated heterocycles. The predicted octanol–water partition coefficient (Wildman–Crippen LogP) is 2.71. The number of nitrogens with two attached hydrogens (primary N) is 1. The maximum Gasteiger partial charge on any atom is 0.249 e. The van der Waals surface area contributed by atoms with E-state index in [-0.39, 0.29) is 5.91 Å². The van der Waals surface area contributed by atoms with Crippen molar-refractivity contribution in [3.05, 3.63) is 54.2 Å². The number of anilines is 2. The summed E-state index contributed by atoms with van der Waals surface area (Å²) in [6.07, 6.45) is 4.67. The van der Waals surface area contributed by atoms with Crippen LogP contribution >= 0.6 is 0 Å². The SMILES string of the molecule is CCOc1ccc(/C=C/C(=O)Nc2ccc(N)cn2)cc1. The number of ether oxygens (including phenoxy) is 1. The van der Waals surface area contributed by atoms with E-state index in [0.29, 0.717) is 18.1 Å². The first kappa shape index (κ1) is 14.6. The Balaban J connectivity index is 1.93. The van der Waals surface area contributed by atoms with Crippen molar-refractivity contribution < 1.29 is 9.53 Å². The van der Waals surface area contributed by atoms with Crippen LogP contribution in [0.4, 0.5) is 11.5 Å². The number of nitrogens with zero attached hydrogens (tertiary/aromatic N) is 1. The molecule has 2 aromatic rings. The molecule has 0 aliphatic heterocycles. The third-order valence-corrected chi connectivity index (χ3v) is 2.66. The summed E-state index contributed by atoms with van der Waals surface area (Å²) in [5.41, 5.74) is 7.00. The van der Waals surface area contributed by atoms with E-state index >= 15 is 0 Å². The van der Waals surface area contributed by atoms with Crippen LogP contribution in [0.25, 0.3) is 6.08 Å². The molecule has 108 valence electrons. The molecule has 0 bridgehead atoms. The Hall–Kier alpha value is -2.82. The Morgan fingerprint density at radius 3 is 2.67 bits per heavy atom. The molecule has 0 saturated carbocycles. The smallest absolute Gasteiger partial charge is 0.249 e. The zero-order valence-corrected chi connectivity index (χ0v) is 11.7. The minimum Gasteiger partial charge on any atom is -0.494 e. The lowest BCUT2D eigenvalue weighted by atomic mass is 10.2. The number of pyridine rings is 1. The van der Waals surface area contributed by atoms with Crippen molar-refractivity contribution >= 4 is 23.5 Å². The van der Waals surface area contributed by atoms with Gasteiger partial charge in [0.25, 0.3) is 0 Å². The highest BCUT2D eigenvalue weighted by molar-refractivity contribution is 6.01. The summed E-state index contributed by atoms with van der Waals surface area (Å²) in [6, 6.07) is 10.8. The Labute approximate surface area is 123 Å². The lowest BCUT2D eigenvalue weighted by Gasteiger charge is -2.03. The zero-order chi connectivity index (χ0) is 15.1. The third-order valence-electron chi connectivity index (χ3n) is 2.66. The van der Waals surface area contributed by atoms with E-state index in [4.69, 9.17) is 10.5 Å². The second kappa shape index (κ2) is 7.09. The zero-order valence-electron chi connectivity index (χ0n) is 11.7. The van der Waals surface area contributed by atoms with Gasteiger partial charge in [0.2, 0.25) is 5.91 Å². The number of benzene rings is 1. The largest absolute Gasteiger partial charge is 0.494 e. The first-order chi connectivity index (χ1) is 10.2. The molecule has 0 unspecified atom stereocenters. The van der Waals surface area contributed by atoms with E-state index in [0.717, 1.165) is 11.3 Å². The van der Waals surface area contributed by atoms with E-state index in [1.807, 2.05) is 31.2 Å². The topological polar surface area (TPSA) is 77.2 Å². The molecule has 0 aliphatic rings. The van der Waals surface area contributed by atoms with Crippen molar-refractivity contribution in [1.82, 2.24) is 4.98 Å². The first-order valence-corrected chi connectivity index (χ1v) is 6.61. The number of carbonyl (C=O) groups excluding carboxylic acids is 1. The van der Waals surface area contributed by atoms with Crippen LogP contribution in [0.1, 0.15) is 12.5 Å². The van der Waals surface area contributed by atoms with Gasteiger partial charge in [-0.15, -0.1) is 0 Å². The van der Waals surface area contributed by atoms with Gasteiger partial charge in [0, 0.05) is 6.08 Å². The van der Waals surface area contributed by atoms with Gasteiger partial charge in [0.1, 0.15) is 11.6 Å². The fourth-order valence-corrected chi connectivity index (χ4v) is 1.66. The molecule has 5 heteroatoms. The van der Waals surface area contributed by atoms with Gasteiger partial charge in [-0.25, -0.2) is 4.98 Å². The van der Waals surface area contributed by atoms with Crippen LogP contribution in [-0.2, 0) is 4.79 Å². The quantitative estimate of drug-likeness (QED) is 0.827. The fourth-order valence-electron chi connectivity index (χ4n) is 1.66. The van der Waals surface area contributed by atoms with Crippen molar-refractivity contribution in [2.24, 2.45) is 0 Å². The van der Waals surface area contributed by atoms with E-state index in [2.05, 4.69) is 10.3 Å². The molecule has 1 amide bonds. The van der Waals surface area contributed by atoms with Crippen molar-refractivity contribution in [1.29, 1.82) is 0 Å². The number of nitrogen functional groups attached to an aromatic ring is 1. The Kier molecular flexibility index (Phi) is 4.93. The van der Waals surface area contributed by atoms with Crippen molar-refractivity contribution in [3.8, 4) is 5.75 Å². The van der Waals surface area contributed by atoms with Gasteiger partial charge in [-0.3, -0.25) is 4.79 Å². The maximum absolute atomic E-state index is 11.7. The van der Waals surface area contributed by atoms with Gasteiger partial charge in [0.15, 0.2) is 0 Å². The second-order valence-corrected chi connectivity index (χ2v) is 4.30. The molecule has 0 atom stereocenters. The summed E-state index contributed by atoms with van der Waals surface area (Å²) in [6.45, 7) is 2.57. The normalized spacial score (nSPS) is 10.5. The molecular weight excluding hydrogens is 266 g/mol. The average Bonchev–Trinajstić information content (AvgIpc) is 2.49. The number of amides is 1. The molecule has 1 heterocycles. The van der Waals surface area contributed by atoms with Gasteiger partial charge in [0.05, 0.1) is 18.5 Å². The highest BCUT2D eigenvalue weighted by Crippen LogP contribution is 2.13. The van der Waals surface area contributed by atoms with Crippen molar-refractivity contribution in [2.75, 3.05) is 17.7 Å². The molecule has 0 radical (unpaired) electrons. The first-order valence-electron chi connectivity index (χ1n) is 6.61. The fraction of sp³-hybridized carbons (Fsp3) is 0.125. The summed E-state index contributed by atoms with van der Waals surface area (Å²) in [4.78, 5) is 15.7. The highest BCUT2D eigenvalue weighted by atomic mass is 16.5. The van der Waals surface area contributed by atoms with Crippen LogP contribution in [0.3, 0.4) is 0 Å². The molecule has 5 nitrogen and oxygen atoms in total. The molecule has 21 heavy (non-hydrogen) atoms. The number of hydrogen-bond acceptors (Lipinski definition) is 4. The van der Waals surface area contributed by atoms with Crippen molar-refractivity contribution in [3.63, 3.8) is 0 Å². The van der Waals surface area contributed by atoms with Gasteiger partial charge in [-0.2, -0.15) is 0 Å². The van der Waals surface area contributed by atoms with E-state index in [9.17, 15) is 4.79 Å². The average molecular weight is 283 g/mol. The van der Waals surface area contributed by atoms with Gasteiger partial charge in [-0.1, -0.05) is 12.1 Å². The lowest BCUT2D eigenvalue weighted by Crippen LogP contribution is -2.09. The molecule has 1 aromatic carbocycles. The molecule has 1 aromatic heterocycles. The third kappa shape index (κ3) is 4.65. The number of nitrogens with one attached hydrogen (secondary N) is 1. The molecule has 0 aliphatic carbocycles. The van der Waals surface area contributed by atoms with Crippen LogP contribution in [0.15, 0.2) is 48.7 Å². The van der Waals surface area contributed by atoms with Crippen molar-refractivity contribution in [2.45, 2.75) is 6.92 Å². The molecule has 3 N–H and O–H groups in total. The van der Waals surface area contributed by atoms with Crippen LogP contribution in [-0.4, -0.2) is 17.5 Å². The molecular formula is C16H17N3O2. The summed E-state index contributed by atoms with van der Waals surface area (Å²) >= 11 is 0. The maximum atomic E-state index is 11.7. The molecule has 0 spiro atoms. The summed E-state index contributed by atoms with van der Waals surface area (Å²) < 4.78 is 5.35. The monoisotopic (exact) mass is 283 g/mol. The predicted molar refractivity (Wildman–Crippen MR) is 83.9 cm³/mol. The minimum absolute atomic E-state index is 0.249. The van der Waals surface area contributed by atoms with Gasteiger partial charge < -0.3 is 15.8 Å². The van der Waals surface area contributed by atoms with E-state index < -0.39 is 0 Å². The minimum atomic E-state index is -0.249. The van der Waals surface area contributed by atoms with Crippen LogP contribution in [0.2, 0.25) is 0 Å². The number of hydrogen-bond donors (Lipinski definition) is 2.